The van der Waals surface area contributed by atoms with Crippen molar-refractivity contribution in [1.29, 1.82) is 5.26 Å². The van der Waals surface area contributed by atoms with Crippen molar-refractivity contribution in [3.8, 4) is 17.4 Å². The number of nitrogens with zero attached hydrogens (tertiary/aromatic N) is 2. The van der Waals surface area contributed by atoms with Gasteiger partial charge < -0.3 is 9.73 Å². The van der Waals surface area contributed by atoms with Gasteiger partial charge in [-0.25, -0.2) is 4.98 Å². The number of benzene rings is 1. The summed E-state index contributed by atoms with van der Waals surface area (Å²) in [7, 11) is 0. The summed E-state index contributed by atoms with van der Waals surface area (Å²) in [6.45, 7) is 0. The molecule has 0 bridgehead atoms. The largest absolute Gasteiger partial charge is 0.441 e. The van der Waals surface area contributed by atoms with Crippen LogP contribution in [0.2, 0.25) is 10.0 Å². The third kappa shape index (κ3) is 4.38. The second kappa shape index (κ2) is 8.11. The third-order valence-corrected chi connectivity index (χ3v) is 5.16. The minimum Gasteiger partial charge on any atom is -0.441 e. The lowest BCUT2D eigenvalue weighted by atomic mass is 9.83. The molecule has 1 N–H and O–H groups in total. The molecule has 0 atom stereocenters. The van der Waals surface area contributed by atoms with Gasteiger partial charge in [0.15, 0.2) is 11.7 Å². The van der Waals surface area contributed by atoms with Crippen LogP contribution in [0.15, 0.2) is 28.8 Å². The van der Waals surface area contributed by atoms with E-state index in [2.05, 4.69) is 16.4 Å². The number of hydrogen-bond acceptors (Lipinski definition) is 4. The molecule has 1 aromatic carbocycles. The standard InChI is InChI=1S/C19H19Cl2N3O2/c20-13-4-5-14(15(21)10-13)16-11-23-18(26-16)7-6-17(25)24-19(12-22)8-2-1-3-9-19/h4-5,10-11H,1-3,6-9H2,(H,24,25). The highest BCUT2D eigenvalue weighted by atomic mass is 35.5. The summed E-state index contributed by atoms with van der Waals surface area (Å²) in [4.78, 5) is 16.5. The van der Waals surface area contributed by atoms with Crippen molar-refractivity contribution in [1.82, 2.24) is 10.3 Å². The van der Waals surface area contributed by atoms with Gasteiger partial charge in [-0.05, 0) is 31.0 Å². The monoisotopic (exact) mass is 391 g/mol. The molecule has 1 aliphatic rings. The molecule has 1 fully saturated rings. The SMILES string of the molecule is N#CC1(NC(=O)CCc2ncc(-c3ccc(Cl)cc3Cl)o2)CCCCC1. The Hall–Kier alpha value is -2.03. The Morgan fingerprint density at radius 1 is 1.31 bits per heavy atom. The van der Waals surface area contributed by atoms with Crippen molar-refractivity contribution >= 4 is 29.1 Å². The fraction of sp³-hybridized carbons (Fsp3) is 0.421. The third-order valence-electron chi connectivity index (χ3n) is 4.62. The van der Waals surface area contributed by atoms with E-state index in [0.29, 0.717) is 46.5 Å². The molecule has 3 rings (SSSR count). The molecular formula is C19H19Cl2N3O2. The van der Waals surface area contributed by atoms with E-state index in [9.17, 15) is 10.1 Å². The van der Waals surface area contributed by atoms with E-state index in [1.54, 1.807) is 24.4 Å². The van der Waals surface area contributed by atoms with Gasteiger partial charge in [-0.15, -0.1) is 0 Å². The quantitative estimate of drug-likeness (QED) is 0.783. The Morgan fingerprint density at radius 2 is 2.08 bits per heavy atom. The van der Waals surface area contributed by atoms with Gasteiger partial charge in [-0.1, -0.05) is 42.5 Å². The number of halogens is 2. The van der Waals surface area contributed by atoms with Crippen LogP contribution in [0.3, 0.4) is 0 Å². The van der Waals surface area contributed by atoms with Gasteiger partial charge in [0.05, 0.1) is 17.3 Å². The Balaban J connectivity index is 1.59. The Bertz CT molecular complexity index is 836. The summed E-state index contributed by atoms with van der Waals surface area (Å²) >= 11 is 12.1. The van der Waals surface area contributed by atoms with E-state index >= 15 is 0 Å². The van der Waals surface area contributed by atoms with Gasteiger partial charge in [-0.2, -0.15) is 5.26 Å². The lowest BCUT2D eigenvalue weighted by Crippen LogP contribution is -2.48. The van der Waals surface area contributed by atoms with Crippen LogP contribution in [0.25, 0.3) is 11.3 Å². The van der Waals surface area contributed by atoms with E-state index in [1.807, 2.05) is 0 Å². The molecule has 1 heterocycles. The zero-order chi connectivity index (χ0) is 18.6. The van der Waals surface area contributed by atoms with Crippen LogP contribution in [0.4, 0.5) is 0 Å². The number of aromatic nitrogens is 1. The maximum absolute atomic E-state index is 12.2. The number of nitrogens with one attached hydrogen (secondary N) is 1. The van der Waals surface area contributed by atoms with Gasteiger partial charge >= 0.3 is 0 Å². The van der Waals surface area contributed by atoms with Crippen LogP contribution in [-0.2, 0) is 11.2 Å². The van der Waals surface area contributed by atoms with Crippen molar-refractivity contribution in [2.75, 3.05) is 0 Å². The topological polar surface area (TPSA) is 78.9 Å². The first-order chi connectivity index (χ1) is 12.5. The molecule has 5 nitrogen and oxygen atoms in total. The summed E-state index contributed by atoms with van der Waals surface area (Å²) in [5.41, 5.74) is -0.0154. The number of aryl methyl sites for hydroxylation is 1. The summed E-state index contributed by atoms with van der Waals surface area (Å²) in [5, 5.41) is 13.4. The van der Waals surface area contributed by atoms with Crippen molar-refractivity contribution in [2.24, 2.45) is 0 Å². The second-order valence-corrected chi connectivity index (χ2v) is 7.39. The predicted octanol–water partition coefficient (Wildman–Crippen LogP) is 4.92. The number of amides is 1. The maximum Gasteiger partial charge on any atom is 0.221 e. The molecule has 2 aromatic rings. The van der Waals surface area contributed by atoms with Crippen molar-refractivity contribution in [3.05, 3.63) is 40.3 Å². The van der Waals surface area contributed by atoms with Gasteiger partial charge in [-0.3, -0.25) is 4.79 Å². The Labute approximate surface area is 162 Å². The van der Waals surface area contributed by atoms with Crippen LogP contribution < -0.4 is 5.32 Å². The first-order valence-electron chi connectivity index (χ1n) is 8.64. The molecule has 0 unspecified atom stereocenters. The molecule has 0 saturated heterocycles. The molecule has 7 heteroatoms. The normalized spacial score (nSPS) is 16.0. The van der Waals surface area contributed by atoms with Crippen LogP contribution in [0, 0.1) is 11.3 Å². The highest BCUT2D eigenvalue weighted by molar-refractivity contribution is 6.36. The zero-order valence-corrected chi connectivity index (χ0v) is 15.7. The van der Waals surface area contributed by atoms with Gasteiger partial charge in [0.2, 0.25) is 5.91 Å². The van der Waals surface area contributed by atoms with Crippen molar-refractivity contribution in [2.45, 2.75) is 50.5 Å². The average molecular weight is 392 g/mol. The number of rotatable bonds is 5. The van der Waals surface area contributed by atoms with Crippen LogP contribution >= 0.6 is 23.2 Å². The molecule has 136 valence electrons. The number of oxazole rings is 1. The molecule has 0 radical (unpaired) electrons. The minimum absolute atomic E-state index is 0.155. The fourth-order valence-corrected chi connectivity index (χ4v) is 3.71. The van der Waals surface area contributed by atoms with E-state index in [-0.39, 0.29) is 12.3 Å². The van der Waals surface area contributed by atoms with Crippen molar-refractivity contribution in [3.63, 3.8) is 0 Å². The molecule has 1 aliphatic carbocycles. The molecule has 1 saturated carbocycles. The van der Waals surface area contributed by atoms with Gasteiger partial charge in [0.25, 0.3) is 0 Å². The summed E-state index contributed by atoms with van der Waals surface area (Å²) in [6.07, 6.45) is 6.65. The number of nitriles is 1. The Morgan fingerprint density at radius 3 is 2.77 bits per heavy atom. The van der Waals surface area contributed by atoms with Crippen molar-refractivity contribution < 1.29 is 9.21 Å². The maximum atomic E-state index is 12.2. The van der Waals surface area contributed by atoms with E-state index < -0.39 is 5.54 Å². The first-order valence-corrected chi connectivity index (χ1v) is 9.39. The lowest BCUT2D eigenvalue weighted by Gasteiger charge is -2.31. The van der Waals surface area contributed by atoms with Crippen LogP contribution in [0.5, 0.6) is 0 Å². The predicted molar refractivity (Wildman–Crippen MR) is 99.9 cm³/mol. The smallest absolute Gasteiger partial charge is 0.221 e. The van der Waals surface area contributed by atoms with Gasteiger partial charge in [0.1, 0.15) is 5.54 Å². The highest BCUT2D eigenvalue weighted by Crippen LogP contribution is 2.31. The summed E-state index contributed by atoms with van der Waals surface area (Å²) in [6, 6.07) is 7.42. The van der Waals surface area contributed by atoms with Gasteiger partial charge in [0, 0.05) is 23.4 Å². The number of hydrogen-bond donors (Lipinski definition) is 1. The molecule has 0 aliphatic heterocycles. The lowest BCUT2D eigenvalue weighted by molar-refractivity contribution is -0.122. The zero-order valence-electron chi connectivity index (χ0n) is 14.2. The van der Waals surface area contributed by atoms with Crippen LogP contribution in [-0.4, -0.2) is 16.4 Å². The van der Waals surface area contributed by atoms with E-state index in [0.717, 1.165) is 19.3 Å². The molecule has 1 amide bonds. The number of carbonyl (C=O) groups excluding carboxylic acids is 1. The molecule has 0 spiro atoms. The fourth-order valence-electron chi connectivity index (χ4n) is 3.21. The van der Waals surface area contributed by atoms with E-state index in [4.69, 9.17) is 27.6 Å². The molecule has 1 aromatic heterocycles. The second-order valence-electron chi connectivity index (χ2n) is 6.55. The summed E-state index contributed by atoms with van der Waals surface area (Å²) in [5.74, 6) is 0.830. The minimum atomic E-state index is -0.714. The van der Waals surface area contributed by atoms with Crippen LogP contribution in [0.1, 0.15) is 44.4 Å². The number of carbonyl (C=O) groups is 1. The summed E-state index contributed by atoms with van der Waals surface area (Å²) < 4.78 is 5.70. The molecule has 26 heavy (non-hydrogen) atoms. The average Bonchev–Trinajstić information content (AvgIpc) is 3.09. The Kier molecular flexibility index (Phi) is 5.85. The molecular weight excluding hydrogens is 373 g/mol. The van der Waals surface area contributed by atoms with E-state index in [1.165, 1.54) is 0 Å². The first kappa shape index (κ1) is 18.8. The highest BCUT2D eigenvalue weighted by Gasteiger charge is 2.33.